The zero-order valence-corrected chi connectivity index (χ0v) is 16.4. The van der Waals surface area contributed by atoms with E-state index in [0.717, 1.165) is 31.2 Å². The van der Waals surface area contributed by atoms with Gasteiger partial charge in [0.2, 0.25) is 0 Å². The maximum Gasteiger partial charge on any atom is 0.257 e. The van der Waals surface area contributed by atoms with Crippen LogP contribution in [0.5, 0.6) is 0 Å². The van der Waals surface area contributed by atoms with Crippen LogP contribution in [-0.2, 0) is 0 Å². The standard InChI is InChI=1S/C19H18N2OS3/c1-3-24-19-20-16(13-9-5-4-6-10-13)18(25-19)21-17(22)14-11-7-8-12-15(14)23-2/h4-12H,3H2,1-2H3,(H,21,22). The molecule has 0 radical (unpaired) electrons. The van der Waals surface area contributed by atoms with Gasteiger partial charge in [-0.25, -0.2) is 4.98 Å². The first-order valence-corrected chi connectivity index (χ1v) is 10.9. The fourth-order valence-electron chi connectivity index (χ4n) is 2.36. The number of aromatic nitrogens is 1. The Kier molecular flexibility index (Phi) is 6.18. The summed E-state index contributed by atoms with van der Waals surface area (Å²) in [5, 5.41) is 3.86. The van der Waals surface area contributed by atoms with Crippen molar-refractivity contribution in [3.05, 3.63) is 60.2 Å². The molecule has 128 valence electrons. The summed E-state index contributed by atoms with van der Waals surface area (Å²) in [5.41, 5.74) is 2.53. The molecule has 25 heavy (non-hydrogen) atoms. The first-order valence-electron chi connectivity index (χ1n) is 7.86. The van der Waals surface area contributed by atoms with Gasteiger partial charge >= 0.3 is 0 Å². The molecule has 0 spiro atoms. The lowest BCUT2D eigenvalue weighted by atomic mass is 10.1. The summed E-state index contributed by atoms with van der Waals surface area (Å²) in [6.07, 6.45) is 1.98. The number of anilines is 1. The van der Waals surface area contributed by atoms with Gasteiger partial charge in [0.1, 0.15) is 10.7 Å². The summed E-state index contributed by atoms with van der Waals surface area (Å²) < 4.78 is 0.967. The third-order valence-corrected chi connectivity index (χ3v) is 6.29. The summed E-state index contributed by atoms with van der Waals surface area (Å²) >= 11 is 4.79. The molecule has 0 atom stereocenters. The number of rotatable bonds is 6. The van der Waals surface area contributed by atoms with Gasteiger partial charge in [0.15, 0.2) is 4.34 Å². The Morgan fingerprint density at radius 1 is 1.12 bits per heavy atom. The number of nitrogens with one attached hydrogen (secondary N) is 1. The summed E-state index contributed by atoms with van der Waals surface area (Å²) in [6.45, 7) is 2.10. The molecule has 6 heteroatoms. The molecule has 0 bridgehead atoms. The van der Waals surface area contributed by atoms with Crippen molar-refractivity contribution in [2.45, 2.75) is 16.2 Å². The largest absolute Gasteiger partial charge is 0.312 e. The smallest absolute Gasteiger partial charge is 0.257 e. The van der Waals surface area contributed by atoms with E-state index >= 15 is 0 Å². The van der Waals surface area contributed by atoms with Crippen LogP contribution in [0.4, 0.5) is 5.00 Å². The second kappa shape index (κ2) is 8.56. The third kappa shape index (κ3) is 4.26. The summed E-state index contributed by atoms with van der Waals surface area (Å²) in [5.74, 6) is 0.851. The minimum Gasteiger partial charge on any atom is -0.312 e. The molecule has 1 heterocycles. The molecule has 0 aliphatic carbocycles. The van der Waals surface area contributed by atoms with E-state index in [4.69, 9.17) is 4.98 Å². The monoisotopic (exact) mass is 386 g/mol. The second-order valence-corrected chi connectivity index (χ2v) is 8.47. The number of carbonyl (C=O) groups is 1. The molecule has 1 aromatic heterocycles. The Morgan fingerprint density at radius 3 is 2.56 bits per heavy atom. The highest BCUT2D eigenvalue weighted by molar-refractivity contribution is 8.01. The molecule has 3 nitrogen and oxygen atoms in total. The van der Waals surface area contributed by atoms with E-state index < -0.39 is 0 Å². The molecule has 1 amide bonds. The summed E-state index contributed by atoms with van der Waals surface area (Å²) in [4.78, 5) is 18.5. The second-order valence-electron chi connectivity index (χ2n) is 5.11. The maximum absolute atomic E-state index is 12.8. The Bertz CT molecular complexity index is 862. The van der Waals surface area contributed by atoms with E-state index in [0.29, 0.717) is 5.56 Å². The lowest BCUT2D eigenvalue weighted by Gasteiger charge is -2.08. The van der Waals surface area contributed by atoms with Crippen LogP contribution < -0.4 is 5.32 Å². The number of thioether (sulfide) groups is 2. The van der Waals surface area contributed by atoms with E-state index in [1.54, 1.807) is 23.5 Å². The van der Waals surface area contributed by atoms with E-state index in [2.05, 4.69) is 12.2 Å². The Morgan fingerprint density at radius 2 is 1.84 bits per heavy atom. The highest BCUT2D eigenvalue weighted by Gasteiger charge is 2.17. The first kappa shape index (κ1) is 18.0. The summed E-state index contributed by atoms with van der Waals surface area (Å²) in [6, 6.07) is 17.6. The molecule has 0 saturated heterocycles. The van der Waals surface area contributed by atoms with Gasteiger partial charge < -0.3 is 5.32 Å². The number of nitrogens with zero attached hydrogens (tertiary/aromatic N) is 1. The van der Waals surface area contributed by atoms with Gasteiger partial charge in [-0.1, -0.05) is 72.5 Å². The number of thiazole rings is 1. The van der Waals surface area contributed by atoms with Crippen molar-refractivity contribution in [1.82, 2.24) is 4.98 Å². The SMILES string of the molecule is CCSc1nc(-c2ccccc2)c(NC(=O)c2ccccc2SC)s1. The number of benzene rings is 2. The fraction of sp³-hybridized carbons (Fsp3) is 0.158. The quantitative estimate of drug-likeness (QED) is 0.536. The molecule has 1 N–H and O–H groups in total. The van der Waals surface area contributed by atoms with Crippen molar-refractivity contribution >= 4 is 45.8 Å². The highest BCUT2D eigenvalue weighted by atomic mass is 32.2. The molecular formula is C19H18N2OS3. The summed E-state index contributed by atoms with van der Waals surface area (Å²) in [7, 11) is 0. The van der Waals surface area contributed by atoms with Crippen LogP contribution in [0.1, 0.15) is 17.3 Å². The third-order valence-electron chi connectivity index (χ3n) is 3.50. The average Bonchev–Trinajstić information content (AvgIpc) is 3.05. The van der Waals surface area contributed by atoms with Crippen molar-refractivity contribution in [2.75, 3.05) is 17.3 Å². The first-order chi connectivity index (χ1) is 12.2. The van der Waals surface area contributed by atoms with Gasteiger partial charge in [-0.15, -0.1) is 11.8 Å². The van der Waals surface area contributed by atoms with E-state index in [9.17, 15) is 4.79 Å². The molecule has 0 aliphatic heterocycles. The topological polar surface area (TPSA) is 42.0 Å². The predicted octanol–water partition coefficient (Wildman–Crippen LogP) is 5.90. The van der Waals surface area contributed by atoms with E-state index in [1.807, 2.05) is 60.9 Å². The number of amides is 1. The minimum absolute atomic E-state index is 0.0983. The molecular weight excluding hydrogens is 368 g/mol. The number of hydrogen-bond donors (Lipinski definition) is 1. The average molecular weight is 387 g/mol. The zero-order valence-electron chi connectivity index (χ0n) is 14.0. The van der Waals surface area contributed by atoms with Gasteiger partial charge in [0, 0.05) is 10.5 Å². The van der Waals surface area contributed by atoms with Crippen LogP contribution >= 0.6 is 34.9 Å². The Labute approximate surface area is 160 Å². The van der Waals surface area contributed by atoms with Crippen molar-refractivity contribution < 1.29 is 4.79 Å². The van der Waals surface area contributed by atoms with E-state index in [-0.39, 0.29) is 5.91 Å². The highest BCUT2D eigenvalue weighted by Crippen LogP contribution is 2.38. The molecule has 0 aliphatic rings. The Hall–Kier alpha value is -1.76. The van der Waals surface area contributed by atoms with Gasteiger partial charge in [0.05, 0.1) is 5.56 Å². The van der Waals surface area contributed by atoms with Gasteiger partial charge in [-0.2, -0.15) is 0 Å². The van der Waals surface area contributed by atoms with Crippen molar-refractivity contribution in [3.8, 4) is 11.3 Å². The van der Waals surface area contributed by atoms with E-state index in [1.165, 1.54) is 11.3 Å². The van der Waals surface area contributed by atoms with Crippen LogP contribution in [0, 0.1) is 0 Å². The van der Waals surface area contributed by atoms with Crippen LogP contribution in [0.15, 0.2) is 63.8 Å². The molecule has 2 aromatic carbocycles. The van der Waals surface area contributed by atoms with Crippen LogP contribution in [0.25, 0.3) is 11.3 Å². The number of hydrogen-bond acceptors (Lipinski definition) is 5. The molecule has 0 fully saturated rings. The van der Waals surface area contributed by atoms with Crippen LogP contribution in [0.2, 0.25) is 0 Å². The van der Waals surface area contributed by atoms with Gasteiger partial charge in [-0.05, 0) is 24.1 Å². The lowest BCUT2D eigenvalue weighted by molar-refractivity contribution is 0.102. The molecule has 0 saturated carbocycles. The maximum atomic E-state index is 12.8. The van der Waals surface area contributed by atoms with Crippen molar-refractivity contribution in [1.29, 1.82) is 0 Å². The fourth-order valence-corrected chi connectivity index (χ4v) is 4.92. The number of carbonyl (C=O) groups excluding carboxylic acids is 1. The van der Waals surface area contributed by atoms with Crippen molar-refractivity contribution in [2.24, 2.45) is 0 Å². The van der Waals surface area contributed by atoms with Gasteiger partial charge in [0.25, 0.3) is 5.91 Å². The zero-order chi connectivity index (χ0) is 17.6. The van der Waals surface area contributed by atoms with Crippen LogP contribution in [0.3, 0.4) is 0 Å². The molecule has 3 rings (SSSR count). The minimum atomic E-state index is -0.0983. The van der Waals surface area contributed by atoms with Crippen molar-refractivity contribution in [3.63, 3.8) is 0 Å². The lowest BCUT2D eigenvalue weighted by Crippen LogP contribution is -2.12. The Balaban J connectivity index is 1.95. The molecule has 0 unspecified atom stereocenters. The van der Waals surface area contributed by atoms with Crippen LogP contribution in [-0.4, -0.2) is 22.9 Å². The molecule has 3 aromatic rings. The van der Waals surface area contributed by atoms with Gasteiger partial charge in [-0.3, -0.25) is 4.79 Å². The normalized spacial score (nSPS) is 10.6. The predicted molar refractivity (Wildman–Crippen MR) is 110 cm³/mol.